The second-order valence-corrected chi connectivity index (χ2v) is 5.68. The standard InChI is InChI=1S/C15H21ClO2/c1-8-7-13(17-5)12(10(3)14(8)16)6-9(2)15-11(4)18-15/h7,9,11,15H,6H2,1-5H3. The average Bonchev–Trinajstić information content (AvgIpc) is 3.07. The maximum atomic E-state index is 6.33. The van der Waals surface area contributed by atoms with Gasteiger partial charge in [-0.05, 0) is 55.9 Å². The molecule has 1 aromatic rings. The Labute approximate surface area is 114 Å². The van der Waals surface area contributed by atoms with Crippen molar-refractivity contribution in [1.82, 2.24) is 0 Å². The molecule has 3 heteroatoms. The van der Waals surface area contributed by atoms with Gasteiger partial charge in [0.25, 0.3) is 0 Å². The number of benzene rings is 1. The molecule has 0 bridgehead atoms. The van der Waals surface area contributed by atoms with Crippen molar-refractivity contribution >= 4 is 11.6 Å². The molecule has 18 heavy (non-hydrogen) atoms. The summed E-state index contributed by atoms with van der Waals surface area (Å²) >= 11 is 6.33. The first kappa shape index (κ1) is 13.7. The molecule has 0 amide bonds. The van der Waals surface area contributed by atoms with Crippen LogP contribution in [0.2, 0.25) is 5.02 Å². The summed E-state index contributed by atoms with van der Waals surface area (Å²) < 4.78 is 11.0. The van der Waals surface area contributed by atoms with Crippen LogP contribution in [0.1, 0.15) is 30.5 Å². The van der Waals surface area contributed by atoms with Crippen molar-refractivity contribution in [1.29, 1.82) is 0 Å². The van der Waals surface area contributed by atoms with E-state index >= 15 is 0 Å². The van der Waals surface area contributed by atoms with Crippen LogP contribution in [-0.4, -0.2) is 19.3 Å². The molecule has 3 unspecified atom stereocenters. The van der Waals surface area contributed by atoms with Crippen molar-refractivity contribution in [2.45, 2.75) is 46.3 Å². The summed E-state index contributed by atoms with van der Waals surface area (Å²) in [6.45, 7) is 8.42. The quantitative estimate of drug-likeness (QED) is 0.772. The number of ether oxygens (including phenoxy) is 2. The highest BCUT2D eigenvalue weighted by molar-refractivity contribution is 6.32. The highest BCUT2D eigenvalue weighted by Gasteiger charge is 2.39. The highest BCUT2D eigenvalue weighted by Crippen LogP contribution is 2.37. The molecule has 2 rings (SSSR count). The third-order valence-electron chi connectivity index (χ3n) is 3.84. The maximum absolute atomic E-state index is 6.33. The Hall–Kier alpha value is -0.730. The van der Waals surface area contributed by atoms with Gasteiger partial charge in [-0.25, -0.2) is 0 Å². The van der Waals surface area contributed by atoms with Gasteiger partial charge in [-0.2, -0.15) is 0 Å². The summed E-state index contributed by atoms with van der Waals surface area (Å²) in [5.74, 6) is 1.43. The Bertz CT molecular complexity index is 456. The van der Waals surface area contributed by atoms with Crippen LogP contribution in [0.4, 0.5) is 0 Å². The molecule has 100 valence electrons. The maximum Gasteiger partial charge on any atom is 0.122 e. The lowest BCUT2D eigenvalue weighted by atomic mass is 9.92. The fourth-order valence-electron chi connectivity index (χ4n) is 2.63. The van der Waals surface area contributed by atoms with Gasteiger partial charge in [0.15, 0.2) is 0 Å². The lowest BCUT2D eigenvalue weighted by Crippen LogP contribution is -2.11. The number of epoxide rings is 1. The number of aryl methyl sites for hydroxylation is 1. The number of halogens is 1. The Kier molecular flexibility index (Phi) is 3.88. The lowest BCUT2D eigenvalue weighted by Gasteiger charge is -2.17. The molecule has 1 aliphatic rings. The molecule has 0 spiro atoms. The number of hydrogen-bond acceptors (Lipinski definition) is 2. The van der Waals surface area contributed by atoms with E-state index in [2.05, 4.69) is 20.8 Å². The molecular formula is C15H21ClO2. The van der Waals surface area contributed by atoms with Gasteiger partial charge in [0, 0.05) is 5.02 Å². The van der Waals surface area contributed by atoms with E-state index in [4.69, 9.17) is 21.1 Å². The van der Waals surface area contributed by atoms with Crippen LogP contribution in [0.25, 0.3) is 0 Å². The van der Waals surface area contributed by atoms with Gasteiger partial charge in [-0.1, -0.05) is 18.5 Å². The van der Waals surface area contributed by atoms with Crippen LogP contribution in [0.15, 0.2) is 6.07 Å². The van der Waals surface area contributed by atoms with Crippen molar-refractivity contribution < 1.29 is 9.47 Å². The van der Waals surface area contributed by atoms with Crippen LogP contribution in [0.3, 0.4) is 0 Å². The summed E-state index contributed by atoms with van der Waals surface area (Å²) in [6, 6.07) is 2.02. The predicted molar refractivity (Wildman–Crippen MR) is 74.7 cm³/mol. The van der Waals surface area contributed by atoms with E-state index < -0.39 is 0 Å². The molecule has 1 heterocycles. The van der Waals surface area contributed by atoms with Crippen LogP contribution in [-0.2, 0) is 11.2 Å². The van der Waals surface area contributed by atoms with Gasteiger partial charge in [0.05, 0.1) is 19.3 Å². The van der Waals surface area contributed by atoms with Gasteiger partial charge in [0.2, 0.25) is 0 Å². The van der Waals surface area contributed by atoms with Crippen molar-refractivity contribution in [2.75, 3.05) is 7.11 Å². The molecule has 0 aliphatic carbocycles. The highest BCUT2D eigenvalue weighted by atomic mass is 35.5. The van der Waals surface area contributed by atoms with Crippen molar-refractivity contribution in [3.05, 3.63) is 27.8 Å². The van der Waals surface area contributed by atoms with E-state index in [1.807, 2.05) is 13.0 Å². The first-order chi connectivity index (χ1) is 8.45. The first-order valence-corrected chi connectivity index (χ1v) is 6.81. The van der Waals surface area contributed by atoms with E-state index in [0.29, 0.717) is 18.1 Å². The largest absolute Gasteiger partial charge is 0.496 e. The van der Waals surface area contributed by atoms with Gasteiger partial charge >= 0.3 is 0 Å². The summed E-state index contributed by atoms with van der Waals surface area (Å²) in [7, 11) is 1.71. The van der Waals surface area contributed by atoms with E-state index in [-0.39, 0.29) is 0 Å². The molecule has 0 saturated carbocycles. The smallest absolute Gasteiger partial charge is 0.122 e. The van der Waals surface area contributed by atoms with Gasteiger partial charge < -0.3 is 9.47 Å². The fourth-order valence-corrected chi connectivity index (χ4v) is 2.80. The number of methoxy groups -OCH3 is 1. The third-order valence-corrected chi connectivity index (χ3v) is 4.42. The Balaban J connectivity index is 2.28. The molecule has 0 radical (unpaired) electrons. The zero-order valence-electron chi connectivity index (χ0n) is 11.7. The summed E-state index contributed by atoms with van der Waals surface area (Å²) in [6.07, 6.45) is 1.73. The van der Waals surface area contributed by atoms with Crippen molar-refractivity contribution in [3.8, 4) is 5.75 Å². The number of rotatable bonds is 4. The lowest BCUT2D eigenvalue weighted by molar-refractivity contribution is 0.325. The Morgan fingerprint density at radius 3 is 2.56 bits per heavy atom. The van der Waals surface area contributed by atoms with Gasteiger partial charge in [0.1, 0.15) is 5.75 Å². The molecule has 1 fully saturated rings. The topological polar surface area (TPSA) is 21.8 Å². The van der Waals surface area contributed by atoms with Crippen LogP contribution in [0.5, 0.6) is 5.75 Å². The zero-order valence-corrected chi connectivity index (χ0v) is 12.5. The van der Waals surface area contributed by atoms with Crippen LogP contribution in [0, 0.1) is 19.8 Å². The molecule has 0 aromatic heterocycles. The predicted octanol–water partition coefficient (Wildman–Crippen LogP) is 3.93. The minimum absolute atomic E-state index is 0.384. The average molecular weight is 269 g/mol. The molecule has 0 N–H and O–H groups in total. The van der Waals surface area contributed by atoms with Crippen molar-refractivity contribution in [2.24, 2.45) is 5.92 Å². The monoisotopic (exact) mass is 268 g/mol. The minimum Gasteiger partial charge on any atom is -0.496 e. The van der Waals surface area contributed by atoms with Gasteiger partial charge in [-0.3, -0.25) is 0 Å². The second-order valence-electron chi connectivity index (χ2n) is 5.30. The molecule has 1 saturated heterocycles. The third kappa shape index (κ3) is 2.50. The zero-order chi connectivity index (χ0) is 13.4. The molecular weight excluding hydrogens is 248 g/mol. The fraction of sp³-hybridized carbons (Fsp3) is 0.600. The molecule has 3 atom stereocenters. The Morgan fingerprint density at radius 2 is 2.06 bits per heavy atom. The normalized spacial score (nSPS) is 23.9. The summed E-state index contributed by atoms with van der Waals surface area (Å²) in [5.41, 5.74) is 3.41. The SMILES string of the molecule is COc1cc(C)c(Cl)c(C)c1CC(C)C1OC1C. The van der Waals surface area contributed by atoms with E-state index in [0.717, 1.165) is 28.3 Å². The second kappa shape index (κ2) is 5.10. The van der Waals surface area contributed by atoms with Crippen LogP contribution < -0.4 is 4.74 Å². The van der Waals surface area contributed by atoms with Crippen molar-refractivity contribution in [3.63, 3.8) is 0 Å². The molecule has 2 nitrogen and oxygen atoms in total. The van der Waals surface area contributed by atoms with Gasteiger partial charge in [-0.15, -0.1) is 0 Å². The first-order valence-electron chi connectivity index (χ1n) is 6.43. The number of hydrogen-bond donors (Lipinski definition) is 0. The van der Waals surface area contributed by atoms with E-state index in [9.17, 15) is 0 Å². The van der Waals surface area contributed by atoms with Crippen LogP contribution >= 0.6 is 11.6 Å². The van der Waals surface area contributed by atoms with E-state index in [1.54, 1.807) is 7.11 Å². The summed E-state index contributed by atoms with van der Waals surface area (Å²) in [5, 5.41) is 0.850. The van der Waals surface area contributed by atoms with E-state index in [1.165, 1.54) is 5.56 Å². The summed E-state index contributed by atoms with van der Waals surface area (Å²) in [4.78, 5) is 0. The minimum atomic E-state index is 0.384. The Morgan fingerprint density at radius 1 is 1.44 bits per heavy atom. The molecule has 1 aliphatic heterocycles. The molecule has 1 aromatic carbocycles.